The number of rotatable bonds is 3. The minimum atomic E-state index is -0.921. The van der Waals surface area contributed by atoms with Gasteiger partial charge in [-0.05, 0) is 38.3 Å². The second kappa shape index (κ2) is 6.70. The maximum atomic E-state index is 12.7. The molecule has 2 unspecified atom stereocenters. The lowest BCUT2D eigenvalue weighted by Gasteiger charge is -2.33. The van der Waals surface area contributed by atoms with Gasteiger partial charge in [0.1, 0.15) is 6.04 Å². The second-order valence-corrected chi connectivity index (χ2v) is 6.88. The molecular formula is C17H22N4O4. The Hall–Kier alpha value is -2.64. The molecule has 25 heavy (non-hydrogen) atoms. The number of carboxylic acids is 1. The van der Waals surface area contributed by atoms with E-state index in [-0.39, 0.29) is 18.5 Å². The Morgan fingerprint density at radius 3 is 2.84 bits per heavy atom. The molecule has 1 aromatic rings. The van der Waals surface area contributed by atoms with Crippen LogP contribution >= 0.6 is 0 Å². The molecular weight excluding hydrogens is 324 g/mol. The number of pyridine rings is 1. The van der Waals surface area contributed by atoms with Gasteiger partial charge in [0.25, 0.3) is 0 Å². The first-order chi connectivity index (χ1) is 11.9. The Bertz CT molecular complexity index is 680. The monoisotopic (exact) mass is 346 g/mol. The van der Waals surface area contributed by atoms with Crippen molar-refractivity contribution in [3.8, 4) is 0 Å². The van der Waals surface area contributed by atoms with Crippen LogP contribution in [-0.4, -0.2) is 58.6 Å². The zero-order chi connectivity index (χ0) is 18.0. The molecule has 3 amide bonds. The topological polar surface area (TPSA) is 103 Å². The predicted molar refractivity (Wildman–Crippen MR) is 90.1 cm³/mol. The van der Waals surface area contributed by atoms with Crippen LogP contribution in [-0.2, 0) is 9.59 Å². The fourth-order valence-electron chi connectivity index (χ4n) is 3.33. The molecule has 2 aliphatic heterocycles. The van der Waals surface area contributed by atoms with Gasteiger partial charge in [-0.25, -0.2) is 4.79 Å². The van der Waals surface area contributed by atoms with Crippen LogP contribution in [0.4, 0.5) is 10.5 Å². The Kier molecular flexibility index (Phi) is 4.61. The summed E-state index contributed by atoms with van der Waals surface area (Å²) in [4.78, 5) is 43.6. The Balaban J connectivity index is 1.64. The van der Waals surface area contributed by atoms with E-state index in [1.807, 2.05) is 6.07 Å². The number of anilines is 1. The van der Waals surface area contributed by atoms with Crippen molar-refractivity contribution in [2.75, 3.05) is 24.5 Å². The highest BCUT2D eigenvalue weighted by molar-refractivity contribution is 5.99. The summed E-state index contributed by atoms with van der Waals surface area (Å²) in [6.45, 7) is 2.76. The van der Waals surface area contributed by atoms with Crippen LogP contribution in [0.5, 0.6) is 0 Å². The molecule has 8 heteroatoms. The zero-order valence-corrected chi connectivity index (χ0v) is 14.1. The van der Waals surface area contributed by atoms with Gasteiger partial charge in [-0.3, -0.25) is 14.6 Å². The van der Waals surface area contributed by atoms with Crippen LogP contribution in [0, 0.1) is 5.41 Å². The van der Waals surface area contributed by atoms with E-state index in [1.54, 1.807) is 30.3 Å². The normalized spacial score (nSPS) is 26.6. The van der Waals surface area contributed by atoms with E-state index in [0.717, 1.165) is 6.42 Å². The van der Waals surface area contributed by atoms with Gasteiger partial charge in [0, 0.05) is 25.8 Å². The average molecular weight is 346 g/mol. The van der Waals surface area contributed by atoms with Gasteiger partial charge >= 0.3 is 12.0 Å². The highest BCUT2D eigenvalue weighted by atomic mass is 16.4. The number of aliphatic carboxylic acids is 1. The van der Waals surface area contributed by atoms with E-state index in [4.69, 9.17) is 0 Å². The van der Waals surface area contributed by atoms with Gasteiger partial charge in [-0.1, -0.05) is 0 Å². The molecule has 2 N–H and O–H groups in total. The van der Waals surface area contributed by atoms with Crippen molar-refractivity contribution in [1.29, 1.82) is 0 Å². The molecule has 0 spiro atoms. The summed E-state index contributed by atoms with van der Waals surface area (Å²) < 4.78 is 0. The maximum Gasteiger partial charge on any atom is 0.318 e. The number of likely N-dealkylation sites (tertiary alicyclic amines) is 1. The second-order valence-electron chi connectivity index (χ2n) is 6.88. The Labute approximate surface area is 145 Å². The highest BCUT2D eigenvalue weighted by Crippen LogP contribution is 2.30. The number of carbonyl (C=O) groups is 3. The molecule has 2 atom stereocenters. The molecule has 1 aromatic heterocycles. The zero-order valence-electron chi connectivity index (χ0n) is 14.1. The molecule has 0 aromatic carbocycles. The van der Waals surface area contributed by atoms with Gasteiger partial charge in [-0.2, -0.15) is 0 Å². The van der Waals surface area contributed by atoms with Crippen LogP contribution in [0.1, 0.15) is 26.2 Å². The number of amides is 3. The summed E-state index contributed by atoms with van der Waals surface area (Å²) in [7, 11) is 0. The lowest BCUT2D eigenvalue weighted by atomic mass is 9.90. The maximum absolute atomic E-state index is 12.7. The summed E-state index contributed by atoms with van der Waals surface area (Å²) in [6, 6.07) is 2.60. The minimum Gasteiger partial charge on any atom is -0.481 e. The standard InChI is InChI=1S/C17H22N4O4/c1-17(15(23)24)6-9-20(11-17)16(25)19-13-5-3-8-21(14(13)22)12-4-2-7-18-10-12/h2,4,7,10,13H,3,5-6,8-9,11H2,1H3,(H,19,25)(H,23,24). The number of nitrogens with one attached hydrogen (secondary N) is 1. The summed E-state index contributed by atoms with van der Waals surface area (Å²) in [5.74, 6) is -1.06. The largest absolute Gasteiger partial charge is 0.481 e. The molecule has 2 fully saturated rings. The van der Waals surface area contributed by atoms with E-state index < -0.39 is 17.4 Å². The smallest absolute Gasteiger partial charge is 0.318 e. The third-order valence-electron chi connectivity index (χ3n) is 4.97. The summed E-state index contributed by atoms with van der Waals surface area (Å²) >= 11 is 0. The van der Waals surface area contributed by atoms with Crippen LogP contribution in [0.25, 0.3) is 0 Å². The van der Waals surface area contributed by atoms with E-state index in [0.29, 0.717) is 31.6 Å². The van der Waals surface area contributed by atoms with Crippen LogP contribution in [0.15, 0.2) is 24.5 Å². The number of hydrogen-bond donors (Lipinski definition) is 2. The molecule has 0 radical (unpaired) electrons. The quantitative estimate of drug-likeness (QED) is 0.853. The van der Waals surface area contributed by atoms with Gasteiger partial charge in [0.05, 0.1) is 17.3 Å². The molecule has 2 aliphatic rings. The van der Waals surface area contributed by atoms with Crippen molar-refractivity contribution >= 4 is 23.6 Å². The average Bonchev–Trinajstić information content (AvgIpc) is 3.01. The Morgan fingerprint density at radius 2 is 2.20 bits per heavy atom. The summed E-state index contributed by atoms with van der Waals surface area (Å²) in [6.07, 6.45) is 5.03. The first-order valence-electron chi connectivity index (χ1n) is 8.41. The Morgan fingerprint density at radius 1 is 1.40 bits per heavy atom. The molecule has 0 saturated carbocycles. The highest BCUT2D eigenvalue weighted by Gasteiger charge is 2.43. The van der Waals surface area contributed by atoms with Gasteiger partial charge < -0.3 is 20.2 Å². The number of hydrogen-bond acceptors (Lipinski definition) is 4. The third-order valence-corrected chi connectivity index (χ3v) is 4.97. The number of carbonyl (C=O) groups excluding carboxylic acids is 2. The van der Waals surface area contributed by atoms with Crippen molar-refractivity contribution in [2.45, 2.75) is 32.2 Å². The van der Waals surface area contributed by atoms with Crippen LogP contribution < -0.4 is 10.2 Å². The van der Waals surface area contributed by atoms with E-state index in [1.165, 1.54) is 4.90 Å². The first kappa shape index (κ1) is 17.2. The minimum absolute atomic E-state index is 0.154. The number of piperidine rings is 1. The van der Waals surface area contributed by atoms with Gasteiger partial charge in [0.15, 0.2) is 0 Å². The van der Waals surface area contributed by atoms with Crippen molar-refractivity contribution in [1.82, 2.24) is 15.2 Å². The van der Waals surface area contributed by atoms with E-state index in [2.05, 4.69) is 10.3 Å². The number of nitrogens with zero attached hydrogens (tertiary/aromatic N) is 3. The molecule has 8 nitrogen and oxygen atoms in total. The van der Waals surface area contributed by atoms with Gasteiger partial charge in [0.2, 0.25) is 5.91 Å². The number of urea groups is 1. The third kappa shape index (κ3) is 3.42. The van der Waals surface area contributed by atoms with Crippen molar-refractivity contribution in [3.63, 3.8) is 0 Å². The lowest BCUT2D eigenvalue weighted by Crippen LogP contribution is -2.55. The molecule has 2 saturated heterocycles. The molecule has 0 aliphatic carbocycles. The van der Waals surface area contributed by atoms with Crippen molar-refractivity contribution in [2.24, 2.45) is 5.41 Å². The number of aromatic nitrogens is 1. The van der Waals surface area contributed by atoms with Crippen molar-refractivity contribution in [3.05, 3.63) is 24.5 Å². The molecule has 0 bridgehead atoms. The van der Waals surface area contributed by atoms with E-state index in [9.17, 15) is 19.5 Å². The predicted octanol–water partition coefficient (Wildman–Crippen LogP) is 1.08. The lowest BCUT2D eigenvalue weighted by molar-refractivity contribution is -0.147. The summed E-state index contributed by atoms with van der Waals surface area (Å²) in [5.41, 5.74) is -0.207. The number of carboxylic acid groups (broad SMARTS) is 1. The fourth-order valence-corrected chi connectivity index (χ4v) is 3.33. The van der Waals surface area contributed by atoms with Gasteiger partial charge in [-0.15, -0.1) is 0 Å². The fraction of sp³-hybridized carbons (Fsp3) is 0.529. The van der Waals surface area contributed by atoms with Crippen LogP contribution in [0.2, 0.25) is 0 Å². The molecule has 134 valence electrons. The molecule has 3 heterocycles. The first-order valence-corrected chi connectivity index (χ1v) is 8.41. The summed E-state index contributed by atoms with van der Waals surface area (Å²) in [5, 5.41) is 12.0. The molecule has 3 rings (SSSR count). The van der Waals surface area contributed by atoms with E-state index >= 15 is 0 Å². The SMILES string of the molecule is CC1(C(=O)O)CCN(C(=O)NC2CCCN(c3cccnc3)C2=O)C1. The van der Waals surface area contributed by atoms with Crippen LogP contribution in [0.3, 0.4) is 0 Å². The van der Waals surface area contributed by atoms with Crippen molar-refractivity contribution < 1.29 is 19.5 Å².